The zero-order valence-corrected chi connectivity index (χ0v) is 10.3. The third kappa shape index (κ3) is 2.35. The van der Waals surface area contributed by atoms with E-state index in [0.29, 0.717) is 12.5 Å². The molecule has 1 atom stereocenters. The van der Waals surface area contributed by atoms with Crippen LogP contribution in [-0.2, 0) is 0 Å². The number of rotatable bonds is 2. The van der Waals surface area contributed by atoms with Crippen molar-refractivity contribution in [2.75, 3.05) is 18.0 Å². The van der Waals surface area contributed by atoms with Crippen LogP contribution in [0.15, 0.2) is 18.3 Å². The van der Waals surface area contributed by atoms with Crippen molar-refractivity contribution in [1.82, 2.24) is 4.98 Å². The van der Waals surface area contributed by atoms with Gasteiger partial charge in [-0.3, -0.25) is 4.98 Å². The smallest absolute Gasteiger partial charge is 0.0810 e. The molecule has 1 unspecified atom stereocenters. The van der Waals surface area contributed by atoms with Crippen molar-refractivity contribution in [3.63, 3.8) is 0 Å². The lowest BCUT2D eigenvalue weighted by molar-refractivity contribution is 0.0839. The molecule has 3 nitrogen and oxygen atoms in total. The first-order valence-electron chi connectivity index (χ1n) is 5.91. The fourth-order valence-corrected chi connectivity index (χ4v) is 2.09. The van der Waals surface area contributed by atoms with E-state index in [2.05, 4.69) is 35.9 Å². The van der Waals surface area contributed by atoms with E-state index in [1.165, 1.54) is 0 Å². The summed E-state index contributed by atoms with van der Waals surface area (Å²) in [4.78, 5) is 6.64. The van der Waals surface area contributed by atoms with E-state index in [0.717, 1.165) is 24.3 Å². The Morgan fingerprint density at radius 2 is 2.19 bits per heavy atom. The minimum absolute atomic E-state index is 0.468. The second-order valence-electron chi connectivity index (χ2n) is 5.26. The van der Waals surface area contributed by atoms with Crippen molar-refractivity contribution in [2.24, 2.45) is 0 Å². The van der Waals surface area contributed by atoms with Gasteiger partial charge in [0.05, 0.1) is 17.5 Å². The molecule has 1 aromatic heterocycles. The van der Waals surface area contributed by atoms with Crippen molar-refractivity contribution < 1.29 is 5.11 Å². The molecular weight excluding hydrogens is 200 g/mol. The zero-order valence-electron chi connectivity index (χ0n) is 10.3. The summed E-state index contributed by atoms with van der Waals surface area (Å²) in [7, 11) is 0. The molecule has 1 aliphatic rings. The second-order valence-corrected chi connectivity index (χ2v) is 5.26. The van der Waals surface area contributed by atoms with Gasteiger partial charge in [0.25, 0.3) is 0 Å². The number of hydrogen-bond donors (Lipinski definition) is 1. The highest BCUT2D eigenvalue weighted by atomic mass is 16.3. The maximum atomic E-state index is 9.91. The Bertz CT molecular complexity index is 357. The van der Waals surface area contributed by atoms with Crippen LogP contribution < -0.4 is 4.90 Å². The molecule has 0 aromatic carbocycles. The summed E-state index contributed by atoms with van der Waals surface area (Å²) in [5, 5.41) is 9.91. The maximum Gasteiger partial charge on any atom is 0.0810 e. The first kappa shape index (κ1) is 11.4. The van der Waals surface area contributed by atoms with Crippen LogP contribution in [0, 0.1) is 0 Å². The predicted molar refractivity (Wildman–Crippen MR) is 65.8 cm³/mol. The quantitative estimate of drug-likeness (QED) is 0.829. The molecule has 3 heteroatoms. The summed E-state index contributed by atoms with van der Waals surface area (Å²) in [5.74, 6) is 0.468. The van der Waals surface area contributed by atoms with E-state index >= 15 is 0 Å². The normalized spacial score (nSPS) is 25.4. The third-order valence-electron chi connectivity index (χ3n) is 3.18. The Hall–Kier alpha value is -1.09. The highest BCUT2D eigenvalue weighted by molar-refractivity contribution is 5.46. The highest BCUT2D eigenvalue weighted by Gasteiger charge is 2.31. The molecular formula is C13H20N2O. The van der Waals surface area contributed by atoms with Gasteiger partial charge in [-0.1, -0.05) is 13.8 Å². The average molecular weight is 220 g/mol. The minimum Gasteiger partial charge on any atom is -0.388 e. The van der Waals surface area contributed by atoms with Gasteiger partial charge in [-0.25, -0.2) is 0 Å². The van der Waals surface area contributed by atoms with Crippen molar-refractivity contribution in [1.29, 1.82) is 0 Å². The van der Waals surface area contributed by atoms with Crippen molar-refractivity contribution in [3.05, 3.63) is 24.0 Å². The molecule has 88 valence electrons. The zero-order chi connectivity index (χ0) is 11.8. The Kier molecular flexibility index (Phi) is 2.89. The molecule has 1 N–H and O–H groups in total. The maximum absolute atomic E-state index is 9.91. The largest absolute Gasteiger partial charge is 0.388 e. The van der Waals surface area contributed by atoms with Crippen LogP contribution >= 0.6 is 0 Å². The van der Waals surface area contributed by atoms with Gasteiger partial charge in [0.1, 0.15) is 0 Å². The topological polar surface area (TPSA) is 36.4 Å². The molecule has 1 fully saturated rings. The number of anilines is 1. The van der Waals surface area contributed by atoms with Crippen LogP contribution in [0.1, 0.15) is 38.8 Å². The van der Waals surface area contributed by atoms with Gasteiger partial charge in [0.2, 0.25) is 0 Å². The van der Waals surface area contributed by atoms with Gasteiger partial charge in [0.15, 0.2) is 0 Å². The molecule has 1 aromatic rings. The lowest BCUT2D eigenvalue weighted by Crippen LogP contribution is -2.29. The second kappa shape index (κ2) is 4.06. The Balaban J connectivity index is 2.11. The molecule has 0 amide bonds. The predicted octanol–water partition coefficient (Wildman–Crippen LogP) is 2.17. The lowest BCUT2D eigenvalue weighted by atomic mass is 10.1. The number of aromatic nitrogens is 1. The van der Waals surface area contributed by atoms with Crippen LogP contribution in [0.5, 0.6) is 0 Å². The number of nitrogens with zero attached hydrogens (tertiary/aromatic N) is 2. The molecule has 0 radical (unpaired) electrons. The Morgan fingerprint density at radius 3 is 2.62 bits per heavy atom. The molecule has 0 saturated carbocycles. The average Bonchev–Trinajstić information content (AvgIpc) is 2.59. The summed E-state index contributed by atoms with van der Waals surface area (Å²) in [6.07, 6.45) is 2.75. The summed E-state index contributed by atoms with van der Waals surface area (Å²) >= 11 is 0. The first-order chi connectivity index (χ1) is 7.48. The SMILES string of the molecule is CC(C)c1ccc(N2CCC(C)(O)C2)cn1. The van der Waals surface area contributed by atoms with E-state index in [1.807, 2.05) is 13.1 Å². The lowest BCUT2D eigenvalue weighted by Gasteiger charge is -2.20. The first-order valence-corrected chi connectivity index (χ1v) is 5.91. The van der Waals surface area contributed by atoms with E-state index in [4.69, 9.17) is 0 Å². The van der Waals surface area contributed by atoms with E-state index in [1.54, 1.807) is 0 Å². The Labute approximate surface area is 97.1 Å². The molecule has 0 aliphatic carbocycles. The molecule has 0 bridgehead atoms. The Morgan fingerprint density at radius 1 is 1.44 bits per heavy atom. The summed E-state index contributed by atoms with van der Waals surface area (Å²) in [6, 6.07) is 4.18. The monoisotopic (exact) mass is 220 g/mol. The van der Waals surface area contributed by atoms with Gasteiger partial charge in [-0.15, -0.1) is 0 Å². The van der Waals surface area contributed by atoms with Gasteiger partial charge in [0, 0.05) is 18.8 Å². The van der Waals surface area contributed by atoms with Crippen molar-refractivity contribution in [3.8, 4) is 0 Å². The van der Waals surface area contributed by atoms with Crippen molar-refractivity contribution >= 4 is 5.69 Å². The minimum atomic E-state index is -0.545. The van der Waals surface area contributed by atoms with Crippen LogP contribution in [0.2, 0.25) is 0 Å². The van der Waals surface area contributed by atoms with E-state index in [9.17, 15) is 5.11 Å². The third-order valence-corrected chi connectivity index (χ3v) is 3.18. The molecule has 2 rings (SSSR count). The van der Waals surface area contributed by atoms with E-state index < -0.39 is 5.60 Å². The summed E-state index contributed by atoms with van der Waals surface area (Å²) in [6.45, 7) is 7.79. The molecule has 1 aliphatic heterocycles. The molecule has 16 heavy (non-hydrogen) atoms. The summed E-state index contributed by atoms with van der Waals surface area (Å²) in [5.41, 5.74) is 1.69. The van der Waals surface area contributed by atoms with Crippen LogP contribution in [0.3, 0.4) is 0 Å². The fraction of sp³-hybridized carbons (Fsp3) is 0.615. The van der Waals surface area contributed by atoms with Crippen LogP contribution in [0.4, 0.5) is 5.69 Å². The number of β-amino-alcohol motifs (C(OH)–C–C–N with tert-alkyl or cyclic N) is 1. The number of hydrogen-bond acceptors (Lipinski definition) is 3. The molecule has 1 saturated heterocycles. The number of pyridine rings is 1. The highest BCUT2D eigenvalue weighted by Crippen LogP contribution is 2.26. The molecule has 2 heterocycles. The van der Waals surface area contributed by atoms with Crippen molar-refractivity contribution in [2.45, 2.75) is 38.7 Å². The van der Waals surface area contributed by atoms with Crippen LogP contribution in [0.25, 0.3) is 0 Å². The van der Waals surface area contributed by atoms with E-state index in [-0.39, 0.29) is 0 Å². The fourth-order valence-electron chi connectivity index (χ4n) is 2.09. The molecule has 0 spiro atoms. The number of aliphatic hydroxyl groups is 1. The van der Waals surface area contributed by atoms with Gasteiger partial charge < -0.3 is 10.0 Å². The van der Waals surface area contributed by atoms with Gasteiger partial charge in [-0.05, 0) is 31.4 Å². The standard InChI is InChI=1S/C13H20N2O/c1-10(2)12-5-4-11(8-14-12)15-7-6-13(3,16)9-15/h4-5,8,10,16H,6-7,9H2,1-3H3. The summed E-state index contributed by atoms with van der Waals surface area (Å²) < 4.78 is 0. The van der Waals surface area contributed by atoms with Crippen LogP contribution in [-0.4, -0.2) is 28.8 Å². The van der Waals surface area contributed by atoms with Gasteiger partial charge in [-0.2, -0.15) is 0 Å². The van der Waals surface area contributed by atoms with Gasteiger partial charge >= 0.3 is 0 Å².